The second-order valence-corrected chi connectivity index (χ2v) is 7.49. The Morgan fingerprint density at radius 1 is 1.17 bits per heavy atom. The van der Waals surface area contributed by atoms with Crippen LogP contribution in [0.15, 0.2) is 53.8 Å². The van der Waals surface area contributed by atoms with E-state index in [0.717, 1.165) is 57.9 Å². The highest BCUT2D eigenvalue weighted by Crippen LogP contribution is 2.14. The molecule has 2 N–H and O–H groups in total. The van der Waals surface area contributed by atoms with Gasteiger partial charge in [0.25, 0.3) is 0 Å². The zero-order valence-corrected chi connectivity index (χ0v) is 19.9. The fraction of sp³-hybridized carbons (Fsp3) is 0.478. The van der Waals surface area contributed by atoms with Crippen molar-refractivity contribution in [3.63, 3.8) is 0 Å². The maximum Gasteiger partial charge on any atom is 0.191 e. The van der Waals surface area contributed by atoms with Gasteiger partial charge in [-0.15, -0.1) is 24.0 Å². The quantitative estimate of drug-likeness (QED) is 0.341. The van der Waals surface area contributed by atoms with Gasteiger partial charge >= 0.3 is 0 Å². The topological polar surface area (TPSA) is 52.6 Å². The van der Waals surface area contributed by atoms with E-state index in [9.17, 15) is 0 Å². The lowest BCUT2D eigenvalue weighted by atomic mass is 10.0. The third kappa shape index (κ3) is 7.93. The Kier molecular flexibility index (Phi) is 10.4. The van der Waals surface area contributed by atoms with Crippen molar-refractivity contribution >= 4 is 29.9 Å². The van der Waals surface area contributed by atoms with Crippen molar-refractivity contribution in [1.29, 1.82) is 0 Å². The first-order chi connectivity index (χ1) is 13.7. The van der Waals surface area contributed by atoms with Gasteiger partial charge in [0, 0.05) is 51.2 Å². The molecule has 0 radical (unpaired) electrons. The summed E-state index contributed by atoms with van der Waals surface area (Å²) in [5.74, 6) is 0.940. The number of piperidine rings is 1. The van der Waals surface area contributed by atoms with E-state index in [2.05, 4.69) is 70.8 Å². The molecule has 1 aliphatic rings. The predicted octanol–water partition coefficient (Wildman–Crippen LogP) is 3.77. The van der Waals surface area contributed by atoms with Crippen LogP contribution in [-0.4, -0.2) is 48.1 Å². The lowest BCUT2D eigenvalue weighted by molar-refractivity contribution is 0.198. The molecule has 158 valence electrons. The number of rotatable bonds is 7. The zero-order valence-electron chi connectivity index (χ0n) is 17.6. The second-order valence-electron chi connectivity index (χ2n) is 7.49. The van der Waals surface area contributed by atoms with Crippen LogP contribution >= 0.6 is 24.0 Å². The fourth-order valence-corrected chi connectivity index (χ4v) is 3.66. The maximum atomic E-state index is 4.79. The molecule has 1 aromatic carbocycles. The largest absolute Gasteiger partial charge is 0.357 e. The molecule has 0 saturated carbocycles. The summed E-state index contributed by atoms with van der Waals surface area (Å²) in [6.45, 7) is 9.20. The molecule has 0 amide bonds. The number of guanidine groups is 1. The van der Waals surface area contributed by atoms with Gasteiger partial charge in [-0.3, -0.25) is 14.9 Å². The van der Waals surface area contributed by atoms with Crippen LogP contribution in [0.4, 0.5) is 0 Å². The van der Waals surface area contributed by atoms with Crippen LogP contribution in [0.25, 0.3) is 0 Å². The average molecular weight is 507 g/mol. The highest BCUT2D eigenvalue weighted by Gasteiger charge is 2.20. The average Bonchev–Trinajstić information content (AvgIpc) is 2.72. The summed E-state index contributed by atoms with van der Waals surface area (Å²) in [5, 5.41) is 7.04. The Balaban J connectivity index is 0.00000300. The molecule has 29 heavy (non-hydrogen) atoms. The van der Waals surface area contributed by atoms with E-state index in [0.29, 0.717) is 6.04 Å². The molecule has 0 spiro atoms. The minimum absolute atomic E-state index is 0. The summed E-state index contributed by atoms with van der Waals surface area (Å²) >= 11 is 0. The number of aryl methyl sites for hydroxylation is 1. The van der Waals surface area contributed by atoms with E-state index in [4.69, 9.17) is 4.99 Å². The summed E-state index contributed by atoms with van der Waals surface area (Å²) in [6.07, 6.45) is 7.03. The molecule has 1 aromatic heterocycles. The molecule has 0 unspecified atom stereocenters. The molecule has 3 rings (SSSR count). The van der Waals surface area contributed by atoms with E-state index >= 15 is 0 Å². The Bertz CT molecular complexity index is 742. The first kappa shape index (κ1) is 23.6. The van der Waals surface area contributed by atoms with E-state index < -0.39 is 0 Å². The number of benzene rings is 1. The van der Waals surface area contributed by atoms with Crippen molar-refractivity contribution in [3.8, 4) is 0 Å². The summed E-state index contributed by atoms with van der Waals surface area (Å²) in [4.78, 5) is 11.5. The number of halogens is 1. The van der Waals surface area contributed by atoms with Crippen LogP contribution in [0.1, 0.15) is 36.5 Å². The maximum absolute atomic E-state index is 4.79. The van der Waals surface area contributed by atoms with Gasteiger partial charge in [0.05, 0.1) is 0 Å². The van der Waals surface area contributed by atoms with Gasteiger partial charge in [0.1, 0.15) is 0 Å². The minimum Gasteiger partial charge on any atom is -0.357 e. The molecule has 5 nitrogen and oxygen atoms in total. The van der Waals surface area contributed by atoms with Gasteiger partial charge in [-0.1, -0.05) is 30.3 Å². The molecule has 6 heteroatoms. The van der Waals surface area contributed by atoms with Crippen molar-refractivity contribution in [2.75, 3.05) is 26.2 Å². The van der Waals surface area contributed by atoms with Crippen molar-refractivity contribution in [2.45, 2.75) is 45.7 Å². The van der Waals surface area contributed by atoms with Crippen LogP contribution in [-0.2, 0) is 13.0 Å². The van der Waals surface area contributed by atoms with Gasteiger partial charge in [0.2, 0.25) is 0 Å². The number of hydrogen-bond acceptors (Lipinski definition) is 3. The lowest BCUT2D eigenvalue weighted by Crippen LogP contribution is -2.48. The van der Waals surface area contributed by atoms with Crippen LogP contribution in [0.5, 0.6) is 0 Å². The molecule has 2 heterocycles. The Morgan fingerprint density at radius 3 is 2.62 bits per heavy atom. The highest BCUT2D eigenvalue weighted by atomic mass is 127. The molecular formula is C23H34IN5. The Morgan fingerprint density at radius 2 is 1.93 bits per heavy atom. The number of aromatic nitrogens is 1. The standard InChI is InChI=1S/C23H33N5.HI/c1-3-25-23(26-14-10-21-9-13-24-17-19(21)2)27-22-11-15-28(16-12-22)18-20-7-5-4-6-8-20;/h4-9,13,17,22H,3,10-12,14-16,18H2,1-2H3,(H2,25,26,27);1H. The number of aliphatic imine (C=N–C) groups is 1. The number of hydrogen-bond donors (Lipinski definition) is 2. The van der Waals surface area contributed by atoms with Crippen LogP contribution in [0, 0.1) is 6.92 Å². The van der Waals surface area contributed by atoms with Crippen LogP contribution in [0.3, 0.4) is 0 Å². The zero-order chi connectivity index (χ0) is 19.6. The molecule has 2 aromatic rings. The molecular weight excluding hydrogens is 473 g/mol. The second kappa shape index (κ2) is 12.8. The smallest absolute Gasteiger partial charge is 0.191 e. The first-order valence-corrected chi connectivity index (χ1v) is 10.4. The summed E-state index contributed by atoms with van der Waals surface area (Å²) in [5.41, 5.74) is 3.96. The van der Waals surface area contributed by atoms with Gasteiger partial charge in [0.15, 0.2) is 5.96 Å². The van der Waals surface area contributed by atoms with E-state index in [1.807, 2.05) is 12.4 Å². The SMILES string of the molecule is CCNC(=NCCc1ccncc1C)NC1CCN(Cc2ccccc2)CC1.I. The number of nitrogens with one attached hydrogen (secondary N) is 2. The number of likely N-dealkylation sites (tertiary alicyclic amines) is 1. The van der Waals surface area contributed by atoms with Gasteiger partial charge in [-0.05, 0) is 55.9 Å². The molecule has 1 saturated heterocycles. The third-order valence-electron chi connectivity index (χ3n) is 5.31. The summed E-state index contributed by atoms with van der Waals surface area (Å²) in [7, 11) is 0. The monoisotopic (exact) mass is 507 g/mol. The predicted molar refractivity (Wildman–Crippen MR) is 132 cm³/mol. The third-order valence-corrected chi connectivity index (χ3v) is 5.31. The van der Waals surface area contributed by atoms with Gasteiger partial charge < -0.3 is 10.6 Å². The van der Waals surface area contributed by atoms with Gasteiger partial charge in [-0.2, -0.15) is 0 Å². The lowest BCUT2D eigenvalue weighted by Gasteiger charge is -2.33. The highest BCUT2D eigenvalue weighted by molar-refractivity contribution is 14.0. The summed E-state index contributed by atoms with van der Waals surface area (Å²) in [6, 6.07) is 13.3. The fourth-order valence-electron chi connectivity index (χ4n) is 3.66. The van der Waals surface area contributed by atoms with Crippen molar-refractivity contribution < 1.29 is 0 Å². The molecule has 0 atom stereocenters. The van der Waals surface area contributed by atoms with Gasteiger partial charge in [-0.25, -0.2) is 0 Å². The molecule has 0 aliphatic carbocycles. The number of pyridine rings is 1. The minimum atomic E-state index is 0. The molecule has 1 fully saturated rings. The van der Waals surface area contributed by atoms with E-state index in [1.165, 1.54) is 16.7 Å². The van der Waals surface area contributed by atoms with Crippen molar-refractivity contribution in [2.24, 2.45) is 4.99 Å². The van der Waals surface area contributed by atoms with Crippen LogP contribution in [0.2, 0.25) is 0 Å². The number of nitrogens with zero attached hydrogens (tertiary/aromatic N) is 3. The van der Waals surface area contributed by atoms with Crippen molar-refractivity contribution in [3.05, 3.63) is 65.5 Å². The first-order valence-electron chi connectivity index (χ1n) is 10.4. The molecule has 1 aliphatic heterocycles. The molecule has 0 bridgehead atoms. The summed E-state index contributed by atoms with van der Waals surface area (Å²) < 4.78 is 0. The van der Waals surface area contributed by atoms with E-state index in [-0.39, 0.29) is 24.0 Å². The van der Waals surface area contributed by atoms with E-state index in [1.54, 1.807) is 0 Å². The Labute approximate surface area is 192 Å². The van der Waals surface area contributed by atoms with Crippen LogP contribution < -0.4 is 10.6 Å². The Hall–Kier alpha value is -1.67. The van der Waals surface area contributed by atoms with Crippen molar-refractivity contribution in [1.82, 2.24) is 20.5 Å². The normalized spacial score (nSPS) is 15.6.